The van der Waals surface area contributed by atoms with E-state index in [0.717, 1.165) is 0 Å². The van der Waals surface area contributed by atoms with Gasteiger partial charge in [-0.15, -0.1) is 0 Å². The standard InChI is InChI=1S/C12H19FN2O3/c1-16-5-6-18-8-11(15-14)9-3-4-12(17-2)10(13)7-9/h3-4,7,11,15H,5-6,8,14H2,1-2H3. The third kappa shape index (κ3) is 4.23. The lowest BCUT2D eigenvalue weighted by Crippen LogP contribution is -2.31. The third-order valence-electron chi connectivity index (χ3n) is 2.50. The molecule has 0 fully saturated rings. The summed E-state index contributed by atoms with van der Waals surface area (Å²) in [5, 5.41) is 0. The van der Waals surface area contributed by atoms with Gasteiger partial charge in [-0.2, -0.15) is 0 Å². The van der Waals surface area contributed by atoms with Crippen LogP contribution in [0.3, 0.4) is 0 Å². The molecule has 18 heavy (non-hydrogen) atoms. The third-order valence-corrected chi connectivity index (χ3v) is 2.50. The van der Waals surface area contributed by atoms with Crippen LogP contribution in [-0.4, -0.2) is 34.0 Å². The van der Waals surface area contributed by atoms with Crippen LogP contribution in [0.15, 0.2) is 18.2 Å². The van der Waals surface area contributed by atoms with Gasteiger partial charge in [0, 0.05) is 7.11 Å². The number of hydrazine groups is 1. The zero-order chi connectivity index (χ0) is 13.4. The number of halogens is 1. The minimum atomic E-state index is -0.424. The first kappa shape index (κ1) is 14.8. The predicted molar refractivity (Wildman–Crippen MR) is 65.7 cm³/mol. The van der Waals surface area contributed by atoms with Crippen molar-refractivity contribution in [2.24, 2.45) is 5.84 Å². The fourth-order valence-corrected chi connectivity index (χ4v) is 1.48. The van der Waals surface area contributed by atoms with Gasteiger partial charge < -0.3 is 14.2 Å². The molecule has 1 atom stereocenters. The molecule has 0 saturated carbocycles. The minimum absolute atomic E-state index is 0.204. The summed E-state index contributed by atoms with van der Waals surface area (Å²) in [5.74, 6) is 5.20. The van der Waals surface area contributed by atoms with Crippen molar-refractivity contribution in [1.82, 2.24) is 5.43 Å². The van der Waals surface area contributed by atoms with Gasteiger partial charge in [0.25, 0.3) is 0 Å². The van der Waals surface area contributed by atoms with Gasteiger partial charge in [0.05, 0.1) is 33.0 Å². The molecule has 0 aliphatic heterocycles. The van der Waals surface area contributed by atoms with Crippen molar-refractivity contribution in [2.75, 3.05) is 34.0 Å². The van der Waals surface area contributed by atoms with E-state index in [4.69, 9.17) is 20.1 Å². The summed E-state index contributed by atoms with van der Waals surface area (Å²) in [6, 6.07) is 4.40. The Balaban J connectivity index is 2.61. The first-order valence-corrected chi connectivity index (χ1v) is 5.59. The van der Waals surface area contributed by atoms with Gasteiger partial charge in [-0.25, -0.2) is 4.39 Å². The van der Waals surface area contributed by atoms with Crippen LogP contribution in [-0.2, 0) is 9.47 Å². The van der Waals surface area contributed by atoms with Crippen LogP contribution in [0.25, 0.3) is 0 Å². The number of hydrogen-bond acceptors (Lipinski definition) is 5. The number of nitrogens with two attached hydrogens (primary N) is 1. The molecule has 5 nitrogen and oxygen atoms in total. The van der Waals surface area contributed by atoms with E-state index >= 15 is 0 Å². The Labute approximate surface area is 106 Å². The molecular weight excluding hydrogens is 239 g/mol. The van der Waals surface area contributed by atoms with Crippen molar-refractivity contribution in [3.05, 3.63) is 29.6 Å². The van der Waals surface area contributed by atoms with Crippen LogP contribution in [0.4, 0.5) is 4.39 Å². The molecule has 1 aromatic rings. The first-order chi connectivity index (χ1) is 8.72. The van der Waals surface area contributed by atoms with Crippen molar-refractivity contribution < 1.29 is 18.6 Å². The normalized spacial score (nSPS) is 12.4. The average molecular weight is 258 g/mol. The van der Waals surface area contributed by atoms with E-state index in [1.165, 1.54) is 13.2 Å². The maximum absolute atomic E-state index is 13.5. The van der Waals surface area contributed by atoms with Crippen LogP contribution >= 0.6 is 0 Å². The smallest absolute Gasteiger partial charge is 0.165 e. The molecular formula is C12H19FN2O3. The monoisotopic (exact) mass is 258 g/mol. The maximum Gasteiger partial charge on any atom is 0.165 e. The van der Waals surface area contributed by atoms with Gasteiger partial charge >= 0.3 is 0 Å². The molecule has 0 heterocycles. The summed E-state index contributed by atoms with van der Waals surface area (Å²) >= 11 is 0. The van der Waals surface area contributed by atoms with Gasteiger partial charge in [0.1, 0.15) is 0 Å². The van der Waals surface area contributed by atoms with E-state index in [-0.39, 0.29) is 11.8 Å². The quantitative estimate of drug-likeness (QED) is 0.414. The van der Waals surface area contributed by atoms with Crippen molar-refractivity contribution >= 4 is 0 Å². The highest BCUT2D eigenvalue weighted by atomic mass is 19.1. The number of rotatable bonds is 8. The fraction of sp³-hybridized carbons (Fsp3) is 0.500. The molecule has 0 spiro atoms. The Morgan fingerprint density at radius 1 is 1.33 bits per heavy atom. The minimum Gasteiger partial charge on any atom is -0.494 e. The Hall–Kier alpha value is -1.21. The van der Waals surface area contributed by atoms with E-state index in [1.807, 2.05) is 0 Å². The number of benzene rings is 1. The van der Waals surface area contributed by atoms with E-state index in [1.54, 1.807) is 19.2 Å². The molecule has 6 heteroatoms. The average Bonchev–Trinajstić information content (AvgIpc) is 2.39. The molecule has 102 valence electrons. The maximum atomic E-state index is 13.5. The lowest BCUT2D eigenvalue weighted by Gasteiger charge is -2.17. The van der Waals surface area contributed by atoms with Crippen LogP contribution in [0, 0.1) is 5.82 Å². The van der Waals surface area contributed by atoms with Gasteiger partial charge in [0.15, 0.2) is 11.6 Å². The van der Waals surface area contributed by atoms with E-state index in [0.29, 0.717) is 25.4 Å². The van der Waals surface area contributed by atoms with E-state index < -0.39 is 5.82 Å². The number of hydrogen-bond donors (Lipinski definition) is 2. The number of methoxy groups -OCH3 is 2. The van der Waals surface area contributed by atoms with Crippen LogP contribution in [0.1, 0.15) is 11.6 Å². The van der Waals surface area contributed by atoms with Gasteiger partial charge in [-0.05, 0) is 17.7 Å². The lowest BCUT2D eigenvalue weighted by molar-refractivity contribution is 0.0585. The van der Waals surface area contributed by atoms with Crippen LogP contribution in [0.5, 0.6) is 5.75 Å². The molecule has 0 aliphatic rings. The van der Waals surface area contributed by atoms with Crippen LogP contribution < -0.4 is 16.0 Å². The molecule has 0 saturated heterocycles. The van der Waals surface area contributed by atoms with Crippen LogP contribution in [0.2, 0.25) is 0 Å². The highest BCUT2D eigenvalue weighted by molar-refractivity contribution is 5.31. The topological polar surface area (TPSA) is 65.7 Å². The molecule has 1 unspecified atom stereocenters. The highest BCUT2D eigenvalue weighted by Gasteiger charge is 2.12. The molecule has 0 amide bonds. The summed E-state index contributed by atoms with van der Waals surface area (Å²) in [7, 11) is 3.02. The fourth-order valence-electron chi connectivity index (χ4n) is 1.48. The van der Waals surface area contributed by atoms with Crippen molar-refractivity contribution in [2.45, 2.75) is 6.04 Å². The zero-order valence-corrected chi connectivity index (χ0v) is 10.6. The second-order valence-electron chi connectivity index (χ2n) is 3.68. The second kappa shape index (κ2) is 7.99. The SMILES string of the molecule is COCCOCC(NN)c1ccc(OC)c(F)c1. The zero-order valence-electron chi connectivity index (χ0n) is 10.6. The van der Waals surface area contributed by atoms with Gasteiger partial charge in [0.2, 0.25) is 0 Å². The van der Waals surface area contributed by atoms with Gasteiger partial charge in [-0.3, -0.25) is 11.3 Å². The Kier molecular flexibility index (Phi) is 6.59. The summed E-state index contributed by atoms with van der Waals surface area (Å²) in [6.45, 7) is 1.31. The van der Waals surface area contributed by atoms with E-state index in [9.17, 15) is 4.39 Å². The van der Waals surface area contributed by atoms with Gasteiger partial charge in [-0.1, -0.05) is 6.07 Å². The summed E-state index contributed by atoms with van der Waals surface area (Å²) < 4.78 is 28.6. The molecule has 0 bridgehead atoms. The van der Waals surface area contributed by atoms with Crippen molar-refractivity contribution in [1.29, 1.82) is 0 Å². The molecule has 0 radical (unpaired) electrons. The highest BCUT2D eigenvalue weighted by Crippen LogP contribution is 2.21. The van der Waals surface area contributed by atoms with Crippen molar-refractivity contribution in [3.63, 3.8) is 0 Å². The molecule has 0 aliphatic carbocycles. The molecule has 1 rings (SSSR count). The van der Waals surface area contributed by atoms with Crippen molar-refractivity contribution in [3.8, 4) is 5.75 Å². The number of ether oxygens (including phenoxy) is 3. The summed E-state index contributed by atoms with van der Waals surface area (Å²) in [4.78, 5) is 0. The molecule has 3 N–H and O–H groups in total. The largest absolute Gasteiger partial charge is 0.494 e. The van der Waals surface area contributed by atoms with E-state index in [2.05, 4.69) is 5.43 Å². The summed E-state index contributed by atoms with van der Waals surface area (Å²) in [5.41, 5.74) is 3.29. The second-order valence-corrected chi connectivity index (χ2v) is 3.68. The Morgan fingerprint density at radius 3 is 2.67 bits per heavy atom. The molecule has 0 aromatic heterocycles. The Morgan fingerprint density at radius 2 is 2.11 bits per heavy atom. The lowest BCUT2D eigenvalue weighted by atomic mass is 10.1. The predicted octanol–water partition coefficient (Wildman–Crippen LogP) is 1.00. The first-order valence-electron chi connectivity index (χ1n) is 5.59. The Bertz CT molecular complexity index is 363. The number of nitrogens with one attached hydrogen (secondary N) is 1. The molecule has 1 aromatic carbocycles. The summed E-state index contributed by atoms with van der Waals surface area (Å²) in [6.07, 6.45) is 0.